The number of aliphatic hydroxyl groups excluding tert-OH is 1. The minimum absolute atomic E-state index is 0.185. The van der Waals surface area contributed by atoms with Gasteiger partial charge >= 0.3 is 0 Å². The van der Waals surface area contributed by atoms with Crippen molar-refractivity contribution in [2.75, 3.05) is 75.3 Å². The molecule has 0 aromatic carbocycles. The highest BCUT2D eigenvalue weighted by atomic mass is 32.2. The van der Waals surface area contributed by atoms with Crippen molar-refractivity contribution in [2.45, 2.75) is 18.7 Å². The third kappa shape index (κ3) is 4.45. The first kappa shape index (κ1) is 22.9. The lowest BCUT2D eigenvalue weighted by Gasteiger charge is -2.36. The topological polar surface area (TPSA) is 111 Å². The Morgan fingerprint density at radius 1 is 0.906 bits per heavy atom. The number of rotatable bonds is 6. The summed E-state index contributed by atoms with van der Waals surface area (Å²) < 4.78 is 29.5. The molecule has 32 heavy (non-hydrogen) atoms. The molecule has 1 N–H and O–H groups in total. The summed E-state index contributed by atoms with van der Waals surface area (Å²) in [6.07, 6.45) is 0. The van der Waals surface area contributed by atoms with Gasteiger partial charge in [-0.3, -0.25) is 9.58 Å². The van der Waals surface area contributed by atoms with Crippen molar-refractivity contribution in [2.24, 2.45) is 7.05 Å². The molecule has 4 heterocycles. The van der Waals surface area contributed by atoms with Crippen molar-refractivity contribution in [3.8, 4) is 0 Å². The maximum absolute atomic E-state index is 13.2. The molecule has 0 amide bonds. The van der Waals surface area contributed by atoms with Crippen LogP contribution < -0.4 is 9.80 Å². The zero-order chi connectivity index (χ0) is 22.9. The molecule has 2 aliphatic rings. The summed E-state index contributed by atoms with van der Waals surface area (Å²) in [5.41, 5.74) is 1.19. The molecule has 0 unspecified atom stereocenters. The van der Waals surface area contributed by atoms with Gasteiger partial charge in [0.1, 0.15) is 4.90 Å². The van der Waals surface area contributed by atoms with Gasteiger partial charge in [-0.1, -0.05) is 0 Å². The van der Waals surface area contributed by atoms with Gasteiger partial charge in [0.05, 0.1) is 18.0 Å². The molecular formula is C20H32N8O3S. The Morgan fingerprint density at radius 3 is 1.88 bits per heavy atom. The molecule has 0 atom stereocenters. The van der Waals surface area contributed by atoms with Gasteiger partial charge in [0.15, 0.2) is 11.6 Å². The summed E-state index contributed by atoms with van der Waals surface area (Å²) in [6.45, 7) is 9.84. The van der Waals surface area contributed by atoms with Crippen molar-refractivity contribution in [1.29, 1.82) is 0 Å². The van der Waals surface area contributed by atoms with Crippen LogP contribution in [0.4, 0.5) is 11.6 Å². The monoisotopic (exact) mass is 464 g/mol. The van der Waals surface area contributed by atoms with E-state index in [9.17, 15) is 8.42 Å². The number of sulfonamides is 1. The minimum atomic E-state index is -3.58. The first-order chi connectivity index (χ1) is 15.3. The number of nitrogens with zero attached hydrogens (tertiary/aromatic N) is 8. The first-order valence-electron chi connectivity index (χ1n) is 11.0. The van der Waals surface area contributed by atoms with Gasteiger partial charge in [0.2, 0.25) is 10.0 Å². The quantitative estimate of drug-likeness (QED) is 0.602. The molecule has 2 saturated heterocycles. The molecule has 0 radical (unpaired) electrons. The second kappa shape index (κ2) is 9.30. The predicted molar refractivity (Wildman–Crippen MR) is 121 cm³/mol. The largest absolute Gasteiger partial charge is 0.395 e. The summed E-state index contributed by atoms with van der Waals surface area (Å²) in [7, 11) is -1.82. The van der Waals surface area contributed by atoms with Crippen LogP contribution in [0, 0.1) is 13.8 Å². The molecule has 2 fully saturated rings. The van der Waals surface area contributed by atoms with E-state index in [2.05, 4.69) is 30.0 Å². The Hall–Kier alpha value is -2.28. The standard InChI is InChI=1S/C20H32N8O3S/c1-16-20(17(2)24(3)23-16)32(30,31)28-12-10-27(11-13-28)19-5-4-18(21-22-19)26-8-6-25(7-9-26)14-15-29/h4-5,29H,6-15H2,1-3H3. The zero-order valence-electron chi connectivity index (χ0n) is 19.0. The Labute approximate surface area is 189 Å². The average Bonchev–Trinajstić information content (AvgIpc) is 3.06. The summed E-state index contributed by atoms with van der Waals surface area (Å²) >= 11 is 0. The van der Waals surface area contributed by atoms with Gasteiger partial charge in [-0.25, -0.2) is 8.42 Å². The molecule has 176 valence electrons. The normalized spacial score (nSPS) is 19.0. The van der Waals surface area contributed by atoms with Crippen molar-refractivity contribution < 1.29 is 13.5 Å². The number of β-amino-alcohol motifs (C(OH)–C–C–N with tert-alkyl or cyclic N) is 1. The molecule has 0 bridgehead atoms. The van der Waals surface area contributed by atoms with Crippen LogP contribution in [-0.2, 0) is 17.1 Å². The van der Waals surface area contributed by atoms with E-state index in [1.807, 2.05) is 12.1 Å². The summed E-state index contributed by atoms with van der Waals surface area (Å²) in [4.78, 5) is 6.83. The molecule has 4 rings (SSSR count). The summed E-state index contributed by atoms with van der Waals surface area (Å²) in [5.74, 6) is 1.61. The van der Waals surface area contributed by atoms with Crippen LogP contribution in [0.25, 0.3) is 0 Å². The van der Waals surface area contributed by atoms with Crippen LogP contribution in [0.3, 0.4) is 0 Å². The molecule has 2 aromatic rings. The fourth-order valence-corrected chi connectivity index (χ4v) is 6.23. The second-order valence-electron chi connectivity index (χ2n) is 8.32. The number of aliphatic hydroxyl groups is 1. The molecule has 2 aromatic heterocycles. The van der Waals surface area contributed by atoms with E-state index in [4.69, 9.17) is 5.11 Å². The Balaban J connectivity index is 1.36. The van der Waals surface area contributed by atoms with Crippen molar-refractivity contribution in [3.63, 3.8) is 0 Å². The number of aryl methyl sites for hydroxylation is 2. The summed E-state index contributed by atoms with van der Waals surface area (Å²) in [6, 6.07) is 3.94. The second-order valence-corrected chi connectivity index (χ2v) is 10.2. The maximum atomic E-state index is 13.2. The number of hydrogen-bond acceptors (Lipinski definition) is 9. The maximum Gasteiger partial charge on any atom is 0.246 e. The molecule has 0 spiro atoms. The van der Waals surface area contributed by atoms with E-state index >= 15 is 0 Å². The highest BCUT2D eigenvalue weighted by Crippen LogP contribution is 2.25. The Kier molecular flexibility index (Phi) is 6.65. The number of piperazine rings is 2. The zero-order valence-corrected chi connectivity index (χ0v) is 19.8. The van der Waals surface area contributed by atoms with Crippen LogP contribution in [-0.4, -0.2) is 108 Å². The molecule has 12 heteroatoms. The van der Waals surface area contributed by atoms with Crippen LogP contribution >= 0.6 is 0 Å². The molecular weight excluding hydrogens is 432 g/mol. The predicted octanol–water partition coefficient (Wildman–Crippen LogP) is -0.548. The van der Waals surface area contributed by atoms with Crippen LogP contribution in [0.15, 0.2) is 17.0 Å². The Bertz CT molecular complexity index is 1020. The lowest BCUT2D eigenvalue weighted by atomic mass is 10.3. The van der Waals surface area contributed by atoms with Crippen molar-refractivity contribution >= 4 is 21.7 Å². The van der Waals surface area contributed by atoms with E-state index in [1.54, 1.807) is 25.6 Å². The molecule has 0 aliphatic carbocycles. The highest BCUT2D eigenvalue weighted by molar-refractivity contribution is 7.89. The number of aromatic nitrogens is 4. The minimum Gasteiger partial charge on any atom is -0.395 e. The van der Waals surface area contributed by atoms with Crippen molar-refractivity contribution in [1.82, 2.24) is 29.2 Å². The van der Waals surface area contributed by atoms with Gasteiger partial charge in [-0.2, -0.15) is 9.40 Å². The fourth-order valence-electron chi connectivity index (χ4n) is 4.41. The third-order valence-electron chi connectivity index (χ3n) is 6.35. The Morgan fingerprint density at radius 2 is 1.44 bits per heavy atom. The number of hydrogen-bond donors (Lipinski definition) is 1. The smallest absolute Gasteiger partial charge is 0.246 e. The van der Waals surface area contributed by atoms with E-state index in [0.29, 0.717) is 49.0 Å². The average molecular weight is 465 g/mol. The van der Waals surface area contributed by atoms with Gasteiger partial charge in [0, 0.05) is 66.0 Å². The molecule has 11 nitrogen and oxygen atoms in total. The first-order valence-corrected chi connectivity index (χ1v) is 12.4. The molecule has 2 aliphatic heterocycles. The van der Waals surface area contributed by atoms with Gasteiger partial charge in [0.25, 0.3) is 0 Å². The SMILES string of the molecule is Cc1nn(C)c(C)c1S(=O)(=O)N1CCN(c2ccc(N3CCN(CCO)CC3)nn2)CC1. The highest BCUT2D eigenvalue weighted by Gasteiger charge is 2.33. The lowest BCUT2D eigenvalue weighted by Crippen LogP contribution is -2.49. The van der Waals surface area contributed by atoms with E-state index < -0.39 is 10.0 Å². The lowest BCUT2D eigenvalue weighted by molar-refractivity contribution is 0.188. The summed E-state index contributed by atoms with van der Waals surface area (Å²) in [5, 5.41) is 22.2. The number of anilines is 2. The molecule has 0 saturated carbocycles. The van der Waals surface area contributed by atoms with Gasteiger partial charge in [-0.15, -0.1) is 10.2 Å². The fraction of sp³-hybridized carbons (Fsp3) is 0.650. The van der Waals surface area contributed by atoms with Crippen LogP contribution in [0.1, 0.15) is 11.4 Å². The van der Waals surface area contributed by atoms with Crippen LogP contribution in [0.2, 0.25) is 0 Å². The van der Waals surface area contributed by atoms with E-state index in [-0.39, 0.29) is 6.61 Å². The van der Waals surface area contributed by atoms with Gasteiger partial charge < -0.3 is 14.9 Å². The van der Waals surface area contributed by atoms with E-state index in [0.717, 1.165) is 37.8 Å². The van der Waals surface area contributed by atoms with Crippen molar-refractivity contribution in [3.05, 3.63) is 23.5 Å². The van der Waals surface area contributed by atoms with Gasteiger partial charge in [-0.05, 0) is 26.0 Å². The third-order valence-corrected chi connectivity index (χ3v) is 8.50. The van der Waals surface area contributed by atoms with E-state index in [1.165, 1.54) is 4.31 Å². The van der Waals surface area contributed by atoms with Crippen LogP contribution in [0.5, 0.6) is 0 Å².